The van der Waals surface area contributed by atoms with Gasteiger partial charge in [0.25, 0.3) is 0 Å². The molecule has 2 heterocycles. The van der Waals surface area contributed by atoms with Crippen molar-refractivity contribution in [3.05, 3.63) is 47.4 Å². The van der Waals surface area contributed by atoms with E-state index >= 15 is 0 Å². The van der Waals surface area contributed by atoms with Crippen molar-refractivity contribution in [2.45, 2.75) is 31.7 Å². The fourth-order valence-electron chi connectivity index (χ4n) is 2.41. The first-order valence-corrected chi connectivity index (χ1v) is 6.48. The van der Waals surface area contributed by atoms with E-state index in [-0.39, 0.29) is 11.4 Å². The lowest BCUT2D eigenvalue weighted by Gasteiger charge is -2.18. The summed E-state index contributed by atoms with van der Waals surface area (Å²) in [5.41, 5.74) is 0.770. The summed E-state index contributed by atoms with van der Waals surface area (Å²) in [6.45, 7) is 3.06. The van der Waals surface area contributed by atoms with E-state index in [0.29, 0.717) is 18.1 Å². The number of hydrogen-bond acceptors (Lipinski definition) is 4. The van der Waals surface area contributed by atoms with Crippen molar-refractivity contribution < 1.29 is 8.91 Å². The fourth-order valence-corrected chi connectivity index (χ4v) is 2.41. The lowest BCUT2D eigenvalue weighted by atomic mass is 10.0. The summed E-state index contributed by atoms with van der Waals surface area (Å²) in [5.74, 6) is 1.04. The predicted molar refractivity (Wildman–Crippen MR) is 68.1 cm³/mol. The molecule has 1 aliphatic heterocycles. The summed E-state index contributed by atoms with van der Waals surface area (Å²) in [7, 11) is 0. The van der Waals surface area contributed by atoms with E-state index < -0.39 is 0 Å². The zero-order chi connectivity index (χ0) is 13.3. The second-order valence-electron chi connectivity index (χ2n) is 5.18. The average Bonchev–Trinajstić information content (AvgIpc) is 3.02. The Hall–Kier alpha value is -1.75. The number of halogens is 1. The van der Waals surface area contributed by atoms with Crippen LogP contribution in [0.1, 0.15) is 37.0 Å². The number of aromatic nitrogens is 2. The summed E-state index contributed by atoms with van der Waals surface area (Å²) in [6.07, 6.45) is 2.68. The minimum atomic E-state index is -0.236. The zero-order valence-electron chi connectivity index (χ0n) is 10.8. The highest BCUT2D eigenvalue weighted by molar-refractivity contribution is 5.20. The molecule has 1 unspecified atom stereocenters. The molecular formula is C14H16FN3O. The molecule has 1 saturated heterocycles. The third-order valence-corrected chi connectivity index (χ3v) is 3.58. The minimum Gasteiger partial charge on any atom is -0.337 e. The summed E-state index contributed by atoms with van der Waals surface area (Å²) in [4.78, 5) is 4.45. The second-order valence-corrected chi connectivity index (χ2v) is 5.18. The molecule has 1 fully saturated rings. The quantitative estimate of drug-likeness (QED) is 0.921. The zero-order valence-corrected chi connectivity index (χ0v) is 10.8. The molecule has 3 rings (SSSR count). The monoisotopic (exact) mass is 261 g/mol. The average molecular weight is 261 g/mol. The molecule has 1 aromatic heterocycles. The van der Waals surface area contributed by atoms with Crippen LogP contribution in [0.4, 0.5) is 4.39 Å². The van der Waals surface area contributed by atoms with Gasteiger partial charge in [-0.3, -0.25) is 0 Å². The third kappa shape index (κ3) is 2.51. The van der Waals surface area contributed by atoms with Crippen LogP contribution >= 0.6 is 0 Å². The molecule has 1 atom stereocenters. The third-order valence-electron chi connectivity index (χ3n) is 3.58. The second kappa shape index (κ2) is 4.74. The first-order valence-electron chi connectivity index (χ1n) is 6.48. The molecule has 0 radical (unpaired) electrons. The molecule has 2 aromatic rings. The van der Waals surface area contributed by atoms with Crippen LogP contribution < -0.4 is 5.32 Å². The van der Waals surface area contributed by atoms with Gasteiger partial charge in [0.05, 0.1) is 5.54 Å². The Balaban J connectivity index is 1.76. The maximum atomic E-state index is 12.8. The van der Waals surface area contributed by atoms with Crippen LogP contribution in [0.2, 0.25) is 0 Å². The Morgan fingerprint density at radius 3 is 2.84 bits per heavy atom. The summed E-state index contributed by atoms with van der Waals surface area (Å²) in [5, 5.41) is 7.39. The number of nitrogens with one attached hydrogen (secondary N) is 1. The van der Waals surface area contributed by atoms with Crippen molar-refractivity contribution in [1.82, 2.24) is 15.5 Å². The molecule has 1 N–H and O–H groups in total. The van der Waals surface area contributed by atoms with Gasteiger partial charge < -0.3 is 9.84 Å². The lowest BCUT2D eigenvalue weighted by Crippen LogP contribution is -2.33. The van der Waals surface area contributed by atoms with Crippen LogP contribution in [0.15, 0.2) is 28.8 Å². The molecule has 19 heavy (non-hydrogen) atoms. The largest absolute Gasteiger partial charge is 0.337 e. The molecule has 0 aliphatic carbocycles. The Morgan fingerprint density at radius 2 is 2.16 bits per heavy atom. The van der Waals surface area contributed by atoms with Gasteiger partial charge in [0, 0.05) is 6.42 Å². The normalized spacial score (nSPS) is 22.8. The Labute approximate surface area is 111 Å². The first-order chi connectivity index (χ1) is 9.16. The molecule has 4 nitrogen and oxygen atoms in total. The molecule has 0 spiro atoms. The Morgan fingerprint density at radius 1 is 1.37 bits per heavy atom. The number of nitrogens with zero attached hydrogens (tertiary/aromatic N) is 2. The van der Waals surface area contributed by atoms with Crippen LogP contribution in [-0.2, 0) is 12.0 Å². The molecule has 0 saturated carbocycles. The van der Waals surface area contributed by atoms with E-state index in [1.54, 1.807) is 12.1 Å². The van der Waals surface area contributed by atoms with E-state index in [4.69, 9.17) is 4.52 Å². The van der Waals surface area contributed by atoms with E-state index in [2.05, 4.69) is 22.4 Å². The van der Waals surface area contributed by atoms with Crippen molar-refractivity contribution in [3.63, 3.8) is 0 Å². The molecule has 100 valence electrons. The summed E-state index contributed by atoms with van der Waals surface area (Å²) >= 11 is 0. The van der Waals surface area contributed by atoms with Gasteiger partial charge >= 0.3 is 0 Å². The van der Waals surface area contributed by atoms with Gasteiger partial charge in [0.1, 0.15) is 5.82 Å². The highest BCUT2D eigenvalue weighted by atomic mass is 19.1. The molecule has 0 bridgehead atoms. The van der Waals surface area contributed by atoms with Gasteiger partial charge in [0.15, 0.2) is 5.82 Å². The first kappa shape index (κ1) is 12.3. The molecule has 5 heteroatoms. The number of rotatable bonds is 3. The van der Waals surface area contributed by atoms with E-state index in [9.17, 15) is 4.39 Å². The molecule has 1 aromatic carbocycles. The van der Waals surface area contributed by atoms with Crippen molar-refractivity contribution in [2.24, 2.45) is 0 Å². The molecular weight excluding hydrogens is 245 g/mol. The summed E-state index contributed by atoms with van der Waals surface area (Å²) in [6, 6.07) is 6.36. The predicted octanol–water partition coefficient (Wildman–Crippen LogP) is 2.40. The topological polar surface area (TPSA) is 51.0 Å². The Bertz CT molecular complexity index is 558. The van der Waals surface area contributed by atoms with Crippen molar-refractivity contribution in [3.8, 4) is 0 Å². The fraction of sp³-hybridized carbons (Fsp3) is 0.429. The lowest BCUT2D eigenvalue weighted by molar-refractivity contribution is 0.274. The van der Waals surface area contributed by atoms with Gasteiger partial charge in [-0.1, -0.05) is 17.3 Å². The number of benzene rings is 1. The van der Waals surface area contributed by atoms with Crippen molar-refractivity contribution in [1.29, 1.82) is 0 Å². The van der Waals surface area contributed by atoms with E-state index in [1.807, 2.05) is 0 Å². The maximum Gasteiger partial charge on any atom is 0.246 e. The van der Waals surface area contributed by atoms with Gasteiger partial charge in [-0.05, 0) is 44.0 Å². The maximum absolute atomic E-state index is 12.8. The minimum absolute atomic E-state index is 0.200. The Kier molecular flexibility index (Phi) is 3.06. The SMILES string of the molecule is CC1(c2nc(Cc3ccc(F)cc3)no2)CCCN1. The standard InChI is InChI=1S/C14H16FN3O/c1-14(7-2-8-16-14)13-17-12(18-19-13)9-10-3-5-11(15)6-4-10/h3-6,16H,2,7-9H2,1H3. The van der Waals surface area contributed by atoms with Crippen LogP contribution in [0, 0.1) is 5.82 Å². The van der Waals surface area contributed by atoms with Gasteiger partial charge in [0.2, 0.25) is 5.89 Å². The highest BCUT2D eigenvalue weighted by Gasteiger charge is 2.35. The van der Waals surface area contributed by atoms with Crippen LogP contribution in [-0.4, -0.2) is 16.7 Å². The van der Waals surface area contributed by atoms with Gasteiger partial charge in [-0.25, -0.2) is 4.39 Å². The van der Waals surface area contributed by atoms with E-state index in [0.717, 1.165) is 24.9 Å². The van der Waals surface area contributed by atoms with Crippen molar-refractivity contribution >= 4 is 0 Å². The highest BCUT2D eigenvalue weighted by Crippen LogP contribution is 2.28. The number of hydrogen-bond donors (Lipinski definition) is 1. The summed E-state index contributed by atoms with van der Waals surface area (Å²) < 4.78 is 18.2. The van der Waals surface area contributed by atoms with Gasteiger partial charge in [-0.15, -0.1) is 0 Å². The van der Waals surface area contributed by atoms with Crippen LogP contribution in [0.3, 0.4) is 0 Å². The molecule has 1 aliphatic rings. The van der Waals surface area contributed by atoms with Gasteiger partial charge in [-0.2, -0.15) is 4.98 Å². The smallest absolute Gasteiger partial charge is 0.246 e. The van der Waals surface area contributed by atoms with E-state index in [1.165, 1.54) is 12.1 Å². The molecule has 0 amide bonds. The van der Waals surface area contributed by atoms with Crippen LogP contribution in [0.25, 0.3) is 0 Å². The van der Waals surface area contributed by atoms with Crippen LogP contribution in [0.5, 0.6) is 0 Å². The van der Waals surface area contributed by atoms with Crippen molar-refractivity contribution in [2.75, 3.05) is 6.54 Å².